The lowest BCUT2D eigenvalue weighted by molar-refractivity contribution is 0.0974. The lowest BCUT2D eigenvalue weighted by Gasteiger charge is -2.12. The molecule has 5 nitrogen and oxygen atoms in total. The third-order valence-corrected chi connectivity index (χ3v) is 3.63. The molecule has 0 aliphatic heterocycles. The second kappa shape index (κ2) is 7.72. The first kappa shape index (κ1) is 16.9. The zero-order valence-electron chi connectivity index (χ0n) is 12.1. The van der Waals surface area contributed by atoms with Crippen LogP contribution in [0, 0.1) is 11.3 Å². The molecule has 0 aromatic heterocycles. The molecule has 7 heteroatoms. The standard InChI is InChI=1S/C16H12BrN3O2S/c1-22-14-7-6-11(17)8-12(14)15(21)20-16(23)19-13-5-3-2-4-10(13)9-18/h2-8H,1H3,(H2,19,20,21,23). The molecule has 0 saturated heterocycles. The lowest BCUT2D eigenvalue weighted by atomic mass is 10.2. The third-order valence-electron chi connectivity index (χ3n) is 2.93. The van der Waals surface area contributed by atoms with E-state index in [0.717, 1.165) is 4.47 Å². The normalized spacial score (nSPS) is 9.61. The van der Waals surface area contributed by atoms with E-state index < -0.39 is 5.91 Å². The average molecular weight is 390 g/mol. The number of benzene rings is 2. The van der Waals surface area contributed by atoms with Gasteiger partial charge in [-0.1, -0.05) is 28.1 Å². The van der Waals surface area contributed by atoms with Crippen molar-refractivity contribution < 1.29 is 9.53 Å². The molecule has 0 radical (unpaired) electrons. The number of hydrogen-bond donors (Lipinski definition) is 2. The molecule has 0 unspecified atom stereocenters. The summed E-state index contributed by atoms with van der Waals surface area (Å²) in [4.78, 5) is 12.3. The van der Waals surface area contributed by atoms with E-state index in [1.165, 1.54) is 7.11 Å². The van der Waals surface area contributed by atoms with Crippen LogP contribution in [0.25, 0.3) is 0 Å². The van der Waals surface area contributed by atoms with Crippen molar-refractivity contribution >= 4 is 44.9 Å². The summed E-state index contributed by atoms with van der Waals surface area (Å²) in [6, 6.07) is 14.0. The van der Waals surface area contributed by atoms with Gasteiger partial charge >= 0.3 is 0 Å². The van der Waals surface area contributed by atoms with Crippen molar-refractivity contribution in [3.05, 3.63) is 58.1 Å². The SMILES string of the molecule is COc1ccc(Br)cc1C(=O)NC(=S)Nc1ccccc1C#N. The van der Waals surface area contributed by atoms with Gasteiger partial charge in [0.25, 0.3) is 5.91 Å². The largest absolute Gasteiger partial charge is 0.496 e. The van der Waals surface area contributed by atoms with Gasteiger partial charge in [0.15, 0.2) is 5.11 Å². The molecule has 2 rings (SSSR count). The number of halogens is 1. The van der Waals surface area contributed by atoms with Crippen LogP contribution in [0.4, 0.5) is 5.69 Å². The number of thiocarbonyl (C=S) groups is 1. The molecule has 116 valence electrons. The number of nitriles is 1. The van der Waals surface area contributed by atoms with Gasteiger partial charge < -0.3 is 10.1 Å². The van der Waals surface area contributed by atoms with Crippen LogP contribution in [0.5, 0.6) is 5.75 Å². The Hall–Kier alpha value is -2.43. The number of para-hydroxylation sites is 1. The highest BCUT2D eigenvalue weighted by Gasteiger charge is 2.14. The Kier molecular flexibility index (Phi) is 5.68. The molecular formula is C16H12BrN3O2S. The maximum atomic E-state index is 12.3. The van der Waals surface area contributed by atoms with Crippen molar-refractivity contribution in [3.8, 4) is 11.8 Å². The van der Waals surface area contributed by atoms with Crippen LogP contribution in [-0.2, 0) is 0 Å². The minimum atomic E-state index is -0.407. The first-order valence-corrected chi connectivity index (χ1v) is 7.70. The lowest BCUT2D eigenvalue weighted by Crippen LogP contribution is -2.34. The number of carbonyl (C=O) groups excluding carboxylic acids is 1. The van der Waals surface area contributed by atoms with Gasteiger partial charge in [0, 0.05) is 4.47 Å². The summed E-state index contributed by atoms with van der Waals surface area (Å²) in [5.41, 5.74) is 1.31. The van der Waals surface area contributed by atoms with E-state index in [2.05, 4.69) is 32.6 Å². The van der Waals surface area contributed by atoms with Crippen LogP contribution < -0.4 is 15.4 Å². The topological polar surface area (TPSA) is 74.2 Å². The van der Waals surface area contributed by atoms with Gasteiger partial charge in [0.05, 0.1) is 23.9 Å². The predicted octanol–water partition coefficient (Wildman–Crippen LogP) is 3.46. The molecular weight excluding hydrogens is 378 g/mol. The van der Waals surface area contributed by atoms with Gasteiger partial charge in [0.2, 0.25) is 0 Å². The first-order chi connectivity index (χ1) is 11.0. The summed E-state index contributed by atoms with van der Waals surface area (Å²) >= 11 is 8.44. The molecule has 0 bridgehead atoms. The number of rotatable bonds is 3. The monoisotopic (exact) mass is 389 g/mol. The van der Waals surface area contributed by atoms with Gasteiger partial charge in [-0.15, -0.1) is 0 Å². The van der Waals surface area contributed by atoms with Crippen molar-refractivity contribution in [1.82, 2.24) is 5.32 Å². The molecule has 2 aromatic carbocycles. The number of methoxy groups -OCH3 is 1. The Labute approximate surface area is 147 Å². The zero-order chi connectivity index (χ0) is 16.8. The van der Waals surface area contributed by atoms with E-state index in [9.17, 15) is 4.79 Å². The van der Waals surface area contributed by atoms with Crippen LogP contribution in [0.1, 0.15) is 15.9 Å². The van der Waals surface area contributed by atoms with Crippen LogP contribution in [0.3, 0.4) is 0 Å². The van der Waals surface area contributed by atoms with Gasteiger partial charge in [-0.05, 0) is 42.5 Å². The summed E-state index contributed by atoms with van der Waals surface area (Å²) in [5.74, 6) is 0.0287. The molecule has 2 aromatic rings. The van der Waals surface area contributed by atoms with Crippen molar-refractivity contribution in [1.29, 1.82) is 5.26 Å². The minimum absolute atomic E-state index is 0.0970. The maximum absolute atomic E-state index is 12.3. The summed E-state index contributed by atoms with van der Waals surface area (Å²) in [6.07, 6.45) is 0. The van der Waals surface area contributed by atoms with Crippen LogP contribution in [-0.4, -0.2) is 18.1 Å². The van der Waals surface area contributed by atoms with E-state index in [4.69, 9.17) is 22.2 Å². The highest BCUT2D eigenvalue weighted by molar-refractivity contribution is 9.10. The molecule has 1 amide bonds. The Morgan fingerprint density at radius 1 is 1.30 bits per heavy atom. The molecule has 0 aliphatic rings. The molecule has 0 fully saturated rings. The Morgan fingerprint density at radius 2 is 2.04 bits per heavy atom. The van der Waals surface area contributed by atoms with Gasteiger partial charge in [-0.2, -0.15) is 5.26 Å². The van der Waals surface area contributed by atoms with E-state index in [0.29, 0.717) is 22.6 Å². The van der Waals surface area contributed by atoms with Crippen molar-refractivity contribution in [2.75, 3.05) is 12.4 Å². The van der Waals surface area contributed by atoms with Crippen molar-refractivity contribution in [2.24, 2.45) is 0 Å². The summed E-state index contributed by atoms with van der Waals surface area (Å²) in [5, 5.41) is 14.6. The van der Waals surface area contributed by atoms with E-state index in [1.807, 2.05) is 0 Å². The van der Waals surface area contributed by atoms with E-state index in [-0.39, 0.29) is 5.11 Å². The second-order valence-corrected chi connectivity index (χ2v) is 5.73. The van der Waals surface area contributed by atoms with Crippen molar-refractivity contribution in [2.45, 2.75) is 0 Å². The smallest absolute Gasteiger partial charge is 0.261 e. The molecule has 23 heavy (non-hydrogen) atoms. The van der Waals surface area contributed by atoms with Gasteiger partial charge in [-0.3, -0.25) is 10.1 Å². The van der Waals surface area contributed by atoms with Crippen LogP contribution in [0.2, 0.25) is 0 Å². The number of ether oxygens (including phenoxy) is 1. The fourth-order valence-electron chi connectivity index (χ4n) is 1.87. The Morgan fingerprint density at radius 3 is 2.74 bits per heavy atom. The minimum Gasteiger partial charge on any atom is -0.496 e. The summed E-state index contributed by atoms with van der Waals surface area (Å²) in [7, 11) is 1.49. The van der Waals surface area contributed by atoms with E-state index in [1.54, 1.807) is 42.5 Å². The maximum Gasteiger partial charge on any atom is 0.261 e. The molecule has 0 atom stereocenters. The molecule has 0 saturated carbocycles. The number of nitrogens with zero attached hydrogens (tertiary/aromatic N) is 1. The highest BCUT2D eigenvalue weighted by atomic mass is 79.9. The molecule has 0 spiro atoms. The third kappa shape index (κ3) is 4.28. The fraction of sp³-hybridized carbons (Fsp3) is 0.0625. The summed E-state index contributed by atoms with van der Waals surface area (Å²) < 4.78 is 5.92. The number of amides is 1. The highest BCUT2D eigenvalue weighted by Crippen LogP contribution is 2.23. The molecule has 0 heterocycles. The van der Waals surface area contributed by atoms with Gasteiger partial charge in [-0.25, -0.2) is 0 Å². The second-order valence-electron chi connectivity index (χ2n) is 4.41. The molecule has 0 aliphatic carbocycles. The van der Waals surface area contributed by atoms with E-state index >= 15 is 0 Å². The quantitative estimate of drug-likeness (QED) is 0.786. The average Bonchev–Trinajstić information content (AvgIpc) is 2.55. The number of anilines is 1. The predicted molar refractivity (Wildman–Crippen MR) is 95.5 cm³/mol. The fourth-order valence-corrected chi connectivity index (χ4v) is 2.44. The van der Waals surface area contributed by atoms with Crippen LogP contribution in [0.15, 0.2) is 46.9 Å². The Balaban J connectivity index is 2.13. The van der Waals surface area contributed by atoms with Crippen LogP contribution >= 0.6 is 28.1 Å². The van der Waals surface area contributed by atoms with Gasteiger partial charge in [0.1, 0.15) is 11.8 Å². The first-order valence-electron chi connectivity index (χ1n) is 6.50. The molecule has 2 N–H and O–H groups in total. The number of nitrogens with one attached hydrogen (secondary N) is 2. The summed E-state index contributed by atoms with van der Waals surface area (Å²) in [6.45, 7) is 0. The number of hydrogen-bond acceptors (Lipinski definition) is 4. The number of carbonyl (C=O) groups is 1. The Bertz CT molecular complexity index is 802. The van der Waals surface area contributed by atoms with Crippen molar-refractivity contribution in [3.63, 3.8) is 0 Å². The zero-order valence-corrected chi connectivity index (χ0v) is 14.5.